The van der Waals surface area contributed by atoms with E-state index in [1.807, 2.05) is 30.3 Å². The average Bonchev–Trinajstić information content (AvgIpc) is 2.19. The van der Waals surface area contributed by atoms with E-state index in [-0.39, 0.29) is 0 Å². The summed E-state index contributed by atoms with van der Waals surface area (Å²) >= 11 is 5.72. The molecule has 0 aliphatic rings. The molecule has 2 rings (SSSR count). The Bertz CT molecular complexity index is 417. The molecule has 1 aromatic carbocycles. The molecule has 0 spiro atoms. The molecule has 0 saturated heterocycles. The topological polar surface area (TPSA) is 22.1 Å². The maximum atomic E-state index is 5.72. The minimum Gasteiger partial charge on any atom is -0.439 e. The van der Waals surface area contributed by atoms with Crippen LogP contribution >= 0.6 is 11.6 Å². The van der Waals surface area contributed by atoms with Crippen molar-refractivity contribution >= 4 is 11.6 Å². The molecule has 0 N–H and O–H groups in total. The summed E-state index contributed by atoms with van der Waals surface area (Å²) in [6, 6.07) is 14.7. The second-order valence-corrected chi connectivity index (χ2v) is 3.10. The molecule has 0 bridgehead atoms. The number of ether oxygens (including phenoxy) is 1. The Balaban J connectivity index is 2.19. The molecule has 1 heterocycles. The van der Waals surface area contributed by atoms with Crippen molar-refractivity contribution in [3.8, 4) is 11.6 Å². The van der Waals surface area contributed by atoms with E-state index in [2.05, 4.69) is 4.98 Å². The van der Waals surface area contributed by atoms with Crippen LogP contribution in [0.25, 0.3) is 0 Å². The van der Waals surface area contributed by atoms with Crippen LogP contribution in [0.2, 0.25) is 5.15 Å². The second-order valence-electron chi connectivity index (χ2n) is 2.71. The minimum absolute atomic E-state index is 0.429. The van der Waals surface area contributed by atoms with Crippen molar-refractivity contribution in [3.05, 3.63) is 53.7 Å². The van der Waals surface area contributed by atoms with Gasteiger partial charge in [-0.1, -0.05) is 35.9 Å². The highest BCUT2D eigenvalue weighted by Gasteiger charge is 1.97. The van der Waals surface area contributed by atoms with Gasteiger partial charge in [0.05, 0.1) is 0 Å². The molecule has 0 radical (unpaired) electrons. The molecule has 0 unspecified atom stereocenters. The van der Waals surface area contributed by atoms with Crippen molar-refractivity contribution in [2.75, 3.05) is 0 Å². The number of halogens is 1. The lowest BCUT2D eigenvalue weighted by Crippen LogP contribution is -1.86. The van der Waals surface area contributed by atoms with Gasteiger partial charge in [0.1, 0.15) is 10.9 Å². The molecule has 0 aliphatic carbocycles. The van der Waals surface area contributed by atoms with Gasteiger partial charge >= 0.3 is 0 Å². The minimum atomic E-state index is 0.429. The van der Waals surface area contributed by atoms with Crippen LogP contribution in [0.3, 0.4) is 0 Å². The highest BCUT2D eigenvalue weighted by Crippen LogP contribution is 2.19. The van der Waals surface area contributed by atoms with E-state index in [0.717, 1.165) is 5.75 Å². The molecule has 0 amide bonds. The van der Waals surface area contributed by atoms with Crippen LogP contribution in [0.5, 0.6) is 11.6 Å². The zero-order chi connectivity index (χ0) is 9.80. The second kappa shape index (κ2) is 4.11. The quantitative estimate of drug-likeness (QED) is 0.700. The molecule has 0 aliphatic heterocycles. The van der Waals surface area contributed by atoms with Gasteiger partial charge in [0.25, 0.3) is 0 Å². The van der Waals surface area contributed by atoms with Gasteiger partial charge in [-0.05, 0) is 18.2 Å². The summed E-state index contributed by atoms with van der Waals surface area (Å²) in [6.45, 7) is 0. The largest absolute Gasteiger partial charge is 0.439 e. The zero-order valence-corrected chi connectivity index (χ0v) is 8.11. The standard InChI is InChI=1S/C11H8ClNO/c12-10-7-4-8-11(13-10)14-9-5-2-1-3-6-9/h1-8H. The van der Waals surface area contributed by atoms with Crippen LogP contribution in [0.4, 0.5) is 0 Å². The monoisotopic (exact) mass is 205 g/mol. The van der Waals surface area contributed by atoms with Crippen molar-refractivity contribution in [1.29, 1.82) is 0 Å². The first-order chi connectivity index (χ1) is 6.84. The lowest BCUT2D eigenvalue weighted by molar-refractivity contribution is 0.463. The molecule has 1 aromatic heterocycles. The molecule has 2 nitrogen and oxygen atoms in total. The Morgan fingerprint density at radius 3 is 2.43 bits per heavy atom. The summed E-state index contributed by atoms with van der Waals surface area (Å²) in [4.78, 5) is 4.01. The molecule has 3 heteroatoms. The number of pyridine rings is 1. The Morgan fingerprint density at radius 2 is 1.71 bits per heavy atom. The molecule has 0 fully saturated rings. The van der Waals surface area contributed by atoms with E-state index < -0.39 is 0 Å². The number of para-hydroxylation sites is 1. The van der Waals surface area contributed by atoms with Gasteiger partial charge in [-0.3, -0.25) is 0 Å². The fraction of sp³-hybridized carbons (Fsp3) is 0. The molecule has 0 atom stereocenters. The Hall–Kier alpha value is -1.54. The van der Waals surface area contributed by atoms with Crippen LogP contribution in [-0.4, -0.2) is 4.98 Å². The summed E-state index contributed by atoms with van der Waals surface area (Å²) in [5, 5.41) is 0.429. The number of rotatable bonds is 2. The number of nitrogens with zero attached hydrogens (tertiary/aromatic N) is 1. The van der Waals surface area contributed by atoms with Crippen molar-refractivity contribution in [3.63, 3.8) is 0 Å². The number of aromatic nitrogens is 1. The van der Waals surface area contributed by atoms with Gasteiger partial charge in [-0.15, -0.1) is 0 Å². The van der Waals surface area contributed by atoms with Gasteiger partial charge in [-0.25, -0.2) is 4.98 Å². The molecular weight excluding hydrogens is 198 g/mol. The smallest absolute Gasteiger partial charge is 0.220 e. The van der Waals surface area contributed by atoms with Crippen molar-refractivity contribution in [2.24, 2.45) is 0 Å². The van der Waals surface area contributed by atoms with Crippen LogP contribution in [-0.2, 0) is 0 Å². The van der Waals surface area contributed by atoms with Crippen molar-refractivity contribution in [2.45, 2.75) is 0 Å². The van der Waals surface area contributed by atoms with Gasteiger partial charge < -0.3 is 4.74 Å². The van der Waals surface area contributed by atoms with Crippen molar-refractivity contribution < 1.29 is 4.74 Å². The van der Waals surface area contributed by atoms with Crippen LogP contribution in [0.15, 0.2) is 48.5 Å². The van der Waals surface area contributed by atoms with E-state index in [1.165, 1.54) is 0 Å². The first kappa shape index (κ1) is 9.03. The normalized spacial score (nSPS) is 9.79. The van der Waals surface area contributed by atoms with E-state index in [1.54, 1.807) is 18.2 Å². The lowest BCUT2D eigenvalue weighted by atomic mass is 10.3. The van der Waals surface area contributed by atoms with Gasteiger partial charge in [0.15, 0.2) is 0 Å². The molecule has 2 aromatic rings. The highest BCUT2D eigenvalue weighted by molar-refractivity contribution is 6.29. The summed E-state index contributed by atoms with van der Waals surface area (Å²) in [7, 11) is 0. The molecule has 14 heavy (non-hydrogen) atoms. The van der Waals surface area contributed by atoms with E-state index >= 15 is 0 Å². The summed E-state index contributed by atoms with van der Waals surface area (Å²) in [6.07, 6.45) is 0. The third-order valence-electron chi connectivity index (χ3n) is 1.66. The maximum absolute atomic E-state index is 5.72. The van der Waals surface area contributed by atoms with Gasteiger partial charge in [0.2, 0.25) is 5.88 Å². The first-order valence-electron chi connectivity index (χ1n) is 4.20. The molecule has 0 saturated carbocycles. The Labute approximate surface area is 87.1 Å². The first-order valence-corrected chi connectivity index (χ1v) is 4.58. The van der Waals surface area contributed by atoms with Crippen molar-refractivity contribution in [1.82, 2.24) is 4.98 Å². The number of benzene rings is 1. The molecular formula is C11H8ClNO. The fourth-order valence-corrected chi connectivity index (χ4v) is 1.21. The lowest BCUT2D eigenvalue weighted by Gasteiger charge is -2.03. The Morgan fingerprint density at radius 1 is 0.929 bits per heavy atom. The third-order valence-corrected chi connectivity index (χ3v) is 1.87. The number of hydrogen-bond donors (Lipinski definition) is 0. The highest BCUT2D eigenvalue weighted by atomic mass is 35.5. The summed E-state index contributed by atoms with van der Waals surface area (Å²) in [5.74, 6) is 1.26. The SMILES string of the molecule is Clc1cccc(Oc2ccccc2)n1. The van der Waals surface area contributed by atoms with Crippen LogP contribution < -0.4 is 4.74 Å². The van der Waals surface area contributed by atoms with Gasteiger partial charge in [-0.2, -0.15) is 0 Å². The third kappa shape index (κ3) is 2.24. The van der Waals surface area contributed by atoms with Crippen LogP contribution in [0.1, 0.15) is 0 Å². The Kier molecular flexibility index (Phi) is 2.65. The summed E-state index contributed by atoms with van der Waals surface area (Å²) < 4.78 is 5.46. The maximum Gasteiger partial charge on any atom is 0.220 e. The average molecular weight is 206 g/mol. The zero-order valence-electron chi connectivity index (χ0n) is 7.35. The molecule has 70 valence electrons. The summed E-state index contributed by atoms with van der Waals surface area (Å²) in [5.41, 5.74) is 0. The predicted molar refractivity (Wildman–Crippen MR) is 55.8 cm³/mol. The van der Waals surface area contributed by atoms with Gasteiger partial charge in [0, 0.05) is 6.07 Å². The number of hydrogen-bond acceptors (Lipinski definition) is 2. The van der Waals surface area contributed by atoms with E-state index in [9.17, 15) is 0 Å². The van der Waals surface area contributed by atoms with E-state index in [4.69, 9.17) is 16.3 Å². The predicted octanol–water partition coefficient (Wildman–Crippen LogP) is 3.53. The fourth-order valence-electron chi connectivity index (χ4n) is 1.06. The van der Waals surface area contributed by atoms with Crippen LogP contribution in [0, 0.1) is 0 Å². The van der Waals surface area contributed by atoms with E-state index in [0.29, 0.717) is 11.0 Å².